The lowest BCUT2D eigenvalue weighted by Gasteiger charge is -2.09. The highest BCUT2D eigenvalue weighted by molar-refractivity contribution is 5.77. The molecule has 7 heteroatoms. The molecule has 92 valence electrons. The van der Waals surface area contributed by atoms with Gasteiger partial charge in [-0.25, -0.2) is 0 Å². The molecule has 0 saturated carbocycles. The zero-order chi connectivity index (χ0) is 12.6. The smallest absolute Gasteiger partial charge is 0.468 e. The van der Waals surface area contributed by atoms with Crippen LogP contribution in [0.5, 0.6) is 11.5 Å². The molecule has 0 aliphatic carbocycles. The number of fused-ring (bicyclic) bond motifs is 1. The number of hydrogen-bond acceptors (Lipinski definition) is 5. The summed E-state index contributed by atoms with van der Waals surface area (Å²) < 4.78 is 38.3. The first-order valence-corrected chi connectivity index (χ1v) is 4.66. The number of rotatable bonds is 2. The zero-order valence-electron chi connectivity index (χ0n) is 8.78. The molecular weight excluding hydrogens is 236 g/mol. The summed E-state index contributed by atoms with van der Waals surface area (Å²) in [4.78, 5) is 11.2. The molecule has 2 rings (SSSR count). The van der Waals surface area contributed by atoms with Crippen LogP contribution < -0.4 is 15.2 Å². The fourth-order valence-electron chi connectivity index (χ4n) is 1.42. The lowest BCUT2D eigenvalue weighted by molar-refractivity contribution is -0.286. The van der Waals surface area contributed by atoms with Gasteiger partial charge < -0.3 is 19.9 Å². The highest BCUT2D eigenvalue weighted by atomic mass is 19.3. The van der Waals surface area contributed by atoms with Crippen LogP contribution in [-0.2, 0) is 9.53 Å². The Labute approximate surface area is 95.1 Å². The molecule has 0 aromatic heterocycles. The third-order valence-corrected chi connectivity index (χ3v) is 2.24. The Morgan fingerprint density at radius 2 is 2.06 bits per heavy atom. The van der Waals surface area contributed by atoms with Crippen molar-refractivity contribution in [3.8, 4) is 11.5 Å². The van der Waals surface area contributed by atoms with Crippen LogP contribution in [0, 0.1) is 0 Å². The zero-order valence-corrected chi connectivity index (χ0v) is 8.78. The first-order valence-electron chi connectivity index (χ1n) is 4.66. The molecule has 1 atom stereocenters. The van der Waals surface area contributed by atoms with E-state index in [1.165, 1.54) is 25.3 Å². The molecule has 0 unspecified atom stereocenters. The van der Waals surface area contributed by atoms with Gasteiger partial charge in [0.2, 0.25) is 0 Å². The van der Waals surface area contributed by atoms with Crippen molar-refractivity contribution < 1.29 is 27.8 Å². The molecule has 5 nitrogen and oxygen atoms in total. The predicted octanol–water partition coefficient (Wildman–Crippen LogP) is 1.18. The van der Waals surface area contributed by atoms with Crippen LogP contribution in [0.25, 0.3) is 0 Å². The predicted molar refractivity (Wildman–Crippen MR) is 51.6 cm³/mol. The van der Waals surface area contributed by atoms with Crippen molar-refractivity contribution >= 4 is 5.97 Å². The van der Waals surface area contributed by atoms with Crippen molar-refractivity contribution in [1.29, 1.82) is 0 Å². The molecule has 0 spiro atoms. The summed E-state index contributed by atoms with van der Waals surface area (Å²) in [7, 11) is 1.18. The number of methoxy groups -OCH3 is 1. The maximum Gasteiger partial charge on any atom is 0.586 e. The summed E-state index contributed by atoms with van der Waals surface area (Å²) in [6, 6.07) is 2.82. The highest BCUT2D eigenvalue weighted by Crippen LogP contribution is 2.41. The number of hydrogen-bond donors (Lipinski definition) is 1. The van der Waals surface area contributed by atoms with Gasteiger partial charge in [0.25, 0.3) is 0 Å². The molecule has 1 aromatic rings. The molecule has 0 fully saturated rings. The minimum absolute atomic E-state index is 0.101. The number of carbonyl (C=O) groups is 1. The van der Waals surface area contributed by atoms with Crippen molar-refractivity contribution in [2.75, 3.05) is 7.11 Å². The maximum atomic E-state index is 12.7. The molecular formula is C10H9F2NO4. The minimum atomic E-state index is -3.68. The van der Waals surface area contributed by atoms with Gasteiger partial charge in [-0.3, -0.25) is 4.79 Å². The van der Waals surface area contributed by atoms with E-state index < -0.39 is 18.3 Å². The van der Waals surface area contributed by atoms with Crippen LogP contribution in [-0.4, -0.2) is 19.4 Å². The van der Waals surface area contributed by atoms with Gasteiger partial charge in [0, 0.05) is 0 Å². The van der Waals surface area contributed by atoms with Crippen LogP contribution in [0.2, 0.25) is 0 Å². The first kappa shape index (κ1) is 11.6. The van der Waals surface area contributed by atoms with Crippen LogP contribution in [0.4, 0.5) is 8.78 Å². The van der Waals surface area contributed by atoms with Crippen LogP contribution in [0.1, 0.15) is 11.6 Å². The molecule has 17 heavy (non-hydrogen) atoms. The second kappa shape index (κ2) is 3.85. The number of nitrogens with two attached hydrogens (primary N) is 1. The monoisotopic (exact) mass is 245 g/mol. The Hall–Kier alpha value is -1.89. The maximum absolute atomic E-state index is 12.7. The Bertz CT molecular complexity index is 464. The van der Waals surface area contributed by atoms with Crippen LogP contribution in [0.3, 0.4) is 0 Å². The van der Waals surface area contributed by atoms with Gasteiger partial charge in [0.15, 0.2) is 11.5 Å². The second-order valence-electron chi connectivity index (χ2n) is 3.37. The Kier molecular flexibility index (Phi) is 2.62. The van der Waals surface area contributed by atoms with Gasteiger partial charge in [-0.2, -0.15) is 0 Å². The van der Waals surface area contributed by atoms with Gasteiger partial charge in [-0.15, -0.1) is 8.78 Å². The quantitative estimate of drug-likeness (QED) is 0.792. The lowest BCUT2D eigenvalue weighted by atomic mass is 10.1. The molecule has 1 aliphatic heterocycles. The number of ether oxygens (including phenoxy) is 3. The molecule has 1 heterocycles. The molecule has 0 saturated heterocycles. The fourth-order valence-corrected chi connectivity index (χ4v) is 1.42. The SMILES string of the molecule is COC(=O)[C@@H](N)c1ccc2c(c1)OC(F)(F)O2. The molecule has 2 N–H and O–H groups in total. The van der Waals surface area contributed by atoms with Crippen LogP contribution in [0.15, 0.2) is 18.2 Å². The Balaban J connectivity index is 2.28. The molecule has 1 aliphatic rings. The largest absolute Gasteiger partial charge is 0.586 e. The van der Waals surface area contributed by atoms with E-state index in [1.807, 2.05) is 0 Å². The van der Waals surface area contributed by atoms with Crippen LogP contribution >= 0.6 is 0 Å². The standard InChI is InChI=1S/C10H9F2NO4/c1-15-9(14)8(13)5-2-3-6-7(4-5)17-10(11,12)16-6/h2-4,8H,13H2,1H3/t8-/m0/s1. The molecule has 0 radical (unpaired) electrons. The average Bonchev–Trinajstić information content (AvgIpc) is 2.59. The van der Waals surface area contributed by atoms with E-state index in [9.17, 15) is 13.6 Å². The van der Waals surface area contributed by atoms with Crippen molar-refractivity contribution in [2.24, 2.45) is 5.73 Å². The van der Waals surface area contributed by atoms with E-state index in [0.717, 1.165) is 0 Å². The first-order chi connectivity index (χ1) is 7.93. The van der Waals surface area contributed by atoms with Gasteiger partial charge in [-0.1, -0.05) is 6.07 Å². The number of esters is 1. The van der Waals surface area contributed by atoms with Crippen molar-refractivity contribution in [2.45, 2.75) is 12.3 Å². The number of halogens is 2. The molecule has 0 amide bonds. The summed E-state index contributed by atoms with van der Waals surface area (Å²) >= 11 is 0. The normalized spacial score (nSPS) is 17.6. The number of alkyl halides is 2. The Morgan fingerprint density at radius 1 is 1.41 bits per heavy atom. The van der Waals surface area contributed by atoms with Crippen molar-refractivity contribution in [3.05, 3.63) is 23.8 Å². The van der Waals surface area contributed by atoms with Gasteiger partial charge >= 0.3 is 12.3 Å². The summed E-state index contributed by atoms with van der Waals surface area (Å²) in [5.41, 5.74) is 5.85. The van der Waals surface area contributed by atoms with E-state index in [-0.39, 0.29) is 11.5 Å². The van der Waals surface area contributed by atoms with E-state index in [2.05, 4.69) is 14.2 Å². The lowest BCUT2D eigenvalue weighted by Crippen LogP contribution is -2.26. The van der Waals surface area contributed by atoms with E-state index >= 15 is 0 Å². The average molecular weight is 245 g/mol. The van der Waals surface area contributed by atoms with Gasteiger partial charge in [0.05, 0.1) is 7.11 Å². The van der Waals surface area contributed by atoms with Crippen molar-refractivity contribution in [3.63, 3.8) is 0 Å². The van der Waals surface area contributed by atoms with E-state index in [0.29, 0.717) is 5.56 Å². The summed E-state index contributed by atoms with van der Waals surface area (Å²) in [5.74, 6) is -0.932. The highest BCUT2D eigenvalue weighted by Gasteiger charge is 2.43. The van der Waals surface area contributed by atoms with Crippen molar-refractivity contribution in [1.82, 2.24) is 0 Å². The number of carbonyl (C=O) groups excluding carboxylic acids is 1. The van der Waals surface area contributed by atoms with Gasteiger partial charge in [0.1, 0.15) is 6.04 Å². The third kappa shape index (κ3) is 2.14. The second-order valence-corrected chi connectivity index (χ2v) is 3.37. The topological polar surface area (TPSA) is 70.8 Å². The summed E-state index contributed by atoms with van der Waals surface area (Å²) in [6.45, 7) is 0. The van der Waals surface area contributed by atoms with E-state index in [1.54, 1.807) is 0 Å². The fraction of sp³-hybridized carbons (Fsp3) is 0.300. The Morgan fingerprint density at radius 3 is 2.71 bits per heavy atom. The summed E-state index contributed by atoms with van der Waals surface area (Å²) in [6.07, 6.45) is -3.68. The molecule has 0 bridgehead atoms. The minimum Gasteiger partial charge on any atom is -0.468 e. The third-order valence-electron chi connectivity index (χ3n) is 2.24. The number of benzene rings is 1. The molecule has 1 aromatic carbocycles. The van der Waals surface area contributed by atoms with E-state index in [4.69, 9.17) is 5.73 Å². The summed E-state index contributed by atoms with van der Waals surface area (Å²) in [5, 5.41) is 0. The van der Waals surface area contributed by atoms with Gasteiger partial charge in [-0.05, 0) is 17.7 Å².